The highest BCUT2D eigenvalue weighted by Gasteiger charge is 2.24. The van der Waals surface area contributed by atoms with Crippen molar-refractivity contribution in [1.82, 2.24) is 18.7 Å². The number of ether oxygens (including phenoxy) is 2. The number of benzene rings is 1. The topological polar surface area (TPSA) is 101 Å². The monoisotopic (exact) mass is 452 g/mol. The maximum atomic E-state index is 13.2. The maximum absolute atomic E-state index is 13.2. The molecular formula is C21H26F2N4O5. The van der Waals surface area contributed by atoms with Gasteiger partial charge in [0.1, 0.15) is 11.5 Å². The van der Waals surface area contributed by atoms with E-state index in [0.29, 0.717) is 19.9 Å². The summed E-state index contributed by atoms with van der Waals surface area (Å²) in [7, 11) is 1.50. The van der Waals surface area contributed by atoms with Gasteiger partial charge in [0.25, 0.3) is 5.56 Å². The Bertz CT molecular complexity index is 1210. The van der Waals surface area contributed by atoms with Crippen molar-refractivity contribution in [2.45, 2.75) is 52.3 Å². The number of aliphatic hydroxyl groups excluding tert-OH is 1. The normalized spacial score (nSPS) is 11.8. The van der Waals surface area contributed by atoms with Crippen LogP contribution >= 0.6 is 0 Å². The minimum absolute atomic E-state index is 0.0564. The van der Waals surface area contributed by atoms with Crippen LogP contribution in [-0.4, -0.2) is 36.5 Å². The lowest BCUT2D eigenvalue weighted by Gasteiger charge is -2.14. The SMILES string of the molecule is CCCCn1c(Oc2cccc(OC(C)(F)F)c2)nc2c1c(=O)n(CCCO)c(=O)n2C. The van der Waals surface area contributed by atoms with Gasteiger partial charge in [-0.1, -0.05) is 19.4 Å². The van der Waals surface area contributed by atoms with Crippen molar-refractivity contribution in [3.05, 3.63) is 45.1 Å². The van der Waals surface area contributed by atoms with Crippen molar-refractivity contribution < 1.29 is 23.4 Å². The van der Waals surface area contributed by atoms with Gasteiger partial charge in [0, 0.05) is 39.7 Å². The number of halogens is 2. The number of unbranched alkanes of at least 4 members (excludes halogenated alkanes) is 1. The summed E-state index contributed by atoms with van der Waals surface area (Å²) in [4.78, 5) is 30.1. The molecule has 0 amide bonds. The van der Waals surface area contributed by atoms with E-state index >= 15 is 0 Å². The lowest BCUT2D eigenvalue weighted by atomic mass is 10.3. The molecule has 0 radical (unpaired) electrons. The Morgan fingerprint density at radius 1 is 1.12 bits per heavy atom. The zero-order valence-corrected chi connectivity index (χ0v) is 18.2. The van der Waals surface area contributed by atoms with Gasteiger partial charge in [-0.25, -0.2) is 4.79 Å². The molecule has 0 bridgehead atoms. The Labute approximate surface area is 182 Å². The fourth-order valence-corrected chi connectivity index (χ4v) is 3.29. The number of aliphatic hydroxyl groups is 1. The van der Waals surface area contributed by atoms with E-state index in [0.717, 1.165) is 11.0 Å². The van der Waals surface area contributed by atoms with Gasteiger partial charge < -0.3 is 14.6 Å². The Balaban J connectivity index is 2.12. The third kappa shape index (κ3) is 4.98. The number of alkyl halides is 2. The van der Waals surface area contributed by atoms with Crippen molar-refractivity contribution in [3.8, 4) is 17.5 Å². The predicted molar refractivity (Wildman–Crippen MR) is 114 cm³/mol. The fraction of sp³-hybridized carbons (Fsp3) is 0.476. The summed E-state index contributed by atoms with van der Waals surface area (Å²) in [5.41, 5.74) is -0.735. The largest absolute Gasteiger partial charge is 0.433 e. The van der Waals surface area contributed by atoms with E-state index in [1.54, 1.807) is 10.6 Å². The molecule has 3 aromatic rings. The number of aromatic nitrogens is 4. The molecular weight excluding hydrogens is 426 g/mol. The van der Waals surface area contributed by atoms with E-state index in [9.17, 15) is 18.4 Å². The first-order chi connectivity index (χ1) is 15.2. The van der Waals surface area contributed by atoms with Gasteiger partial charge in [0.2, 0.25) is 0 Å². The zero-order valence-electron chi connectivity index (χ0n) is 18.2. The summed E-state index contributed by atoms with van der Waals surface area (Å²) in [6.45, 7) is 2.93. The Morgan fingerprint density at radius 2 is 1.81 bits per heavy atom. The summed E-state index contributed by atoms with van der Waals surface area (Å²) in [6, 6.07) is 5.75. The second-order valence-corrected chi connectivity index (χ2v) is 7.43. The van der Waals surface area contributed by atoms with Gasteiger partial charge >= 0.3 is 17.8 Å². The minimum Gasteiger partial charge on any atom is -0.433 e. The first kappa shape index (κ1) is 23.5. The van der Waals surface area contributed by atoms with Crippen LogP contribution in [0, 0.1) is 0 Å². The smallest absolute Gasteiger partial charge is 0.394 e. The van der Waals surface area contributed by atoms with Crippen molar-refractivity contribution in [2.75, 3.05) is 6.61 Å². The van der Waals surface area contributed by atoms with E-state index in [2.05, 4.69) is 9.72 Å². The quantitative estimate of drug-likeness (QED) is 0.508. The van der Waals surface area contributed by atoms with E-state index in [4.69, 9.17) is 9.84 Å². The van der Waals surface area contributed by atoms with Gasteiger partial charge in [0.05, 0.1) is 0 Å². The molecule has 0 aliphatic heterocycles. The molecule has 0 aliphatic rings. The van der Waals surface area contributed by atoms with Crippen molar-refractivity contribution in [3.63, 3.8) is 0 Å². The molecule has 11 heteroatoms. The molecule has 2 heterocycles. The molecule has 0 aliphatic carbocycles. The van der Waals surface area contributed by atoms with Crippen molar-refractivity contribution in [1.29, 1.82) is 0 Å². The second kappa shape index (κ2) is 9.51. The molecule has 0 fully saturated rings. The molecule has 32 heavy (non-hydrogen) atoms. The molecule has 0 unspecified atom stereocenters. The number of imidazole rings is 1. The third-order valence-electron chi connectivity index (χ3n) is 4.78. The summed E-state index contributed by atoms with van der Waals surface area (Å²) < 4.78 is 40.7. The Morgan fingerprint density at radius 3 is 2.47 bits per heavy atom. The van der Waals surface area contributed by atoms with E-state index in [1.807, 2.05) is 6.92 Å². The van der Waals surface area contributed by atoms with E-state index < -0.39 is 17.4 Å². The minimum atomic E-state index is -3.36. The lowest BCUT2D eigenvalue weighted by Crippen LogP contribution is -2.39. The first-order valence-electron chi connectivity index (χ1n) is 10.3. The van der Waals surface area contributed by atoms with Crippen LogP contribution in [0.4, 0.5) is 8.78 Å². The molecule has 1 N–H and O–H groups in total. The van der Waals surface area contributed by atoms with Gasteiger partial charge in [-0.2, -0.15) is 13.8 Å². The van der Waals surface area contributed by atoms with Gasteiger partial charge in [-0.05, 0) is 25.0 Å². The van der Waals surface area contributed by atoms with Crippen LogP contribution in [0.5, 0.6) is 17.5 Å². The zero-order chi connectivity index (χ0) is 23.5. The van der Waals surface area contributed by atoms with Gasteiger partial charge in [0.15, 0.2) is 11.2 Å². The van der Waals surface area contributed by atoms with Crippen LogP contribution in [0.25, 0.3) is 11.2 Å². The number of fused-ring (bicyclic) bond motifs is 1. The Kier molecular flexibility index (Phi) is 6.97. The lowest BCUT2D eigenvalue weighted by molar-refractivity contribution is -0.159. The fourth-order valence-electron chi connectivity index (χ4n) is 3.29. The average Bonchev–Trinajstić information content (AvgIpc) is 3.08. The van der Waals surface area contributed by atoms with Crippen LogP contribution in [-0.2, 0) is 20.1 Å². The van der Waals surface area contributed by atoms with Crippen molar-refractivity contribution in [2.24, 2.45) is 7.05 Å². The number of hydrogen-bond donors (Lipinski definition) is 1. The molecule has 0 saturated heterocycles. The molecule has 0 atom stereocenters. The van der Waals surface area contributed by atoms with Crippen LogP contribution in [0.15, 0.2) is 33.9 Å². The van der Waals surface area contributed by atoms with E-state index in [1.165, 1.54) is 29.8 Å². The molecule has 3 rings (SSSR count). The summed E-state index contributed by atoms with van der Waals surface area (Å²) in [5.74, 6) is 0.0930. The van der Waals surface area contributed by atoms with Gasteiger partial charge in [-0.3, -0.25) is 18.5 Å². The van der Waals surface area contributed by atoms with E-state index in [-0.39, 0.29) is 48.2 Å². The number of aryl methyl sites for hydroxylation is 2. The summed E-state index contributed by atoms with van der Waals surface area (Å²) in [6.07, 6.45) is -1.56. The van der Waals surface area contributed by atoms with Crippen LogP contribution in [0.3, 0.4) is 0 Å². The third-order valence-corrected chi connectivity index (χ3v) is 4.78. The van der Waals surface area contributed by atoms with Crippen LogP contribution in [0.2, 0.25) is 0 Å². The highest BCUT2D eigenvalue weighted by Crippen LogP contribution is 2.29. The highest BCUT2D eigenvalue weighted by atomic mass is 19.3. The molecule has 9 nitrogen and oxygen atoms in total. The van der Waals surface area contributed by atoms with Crippen LogP contribution < -0.4 is 20.7 Å². The molecule has 174 valence electrons. The van der Waals surface area contributed by atoms with Gasteiger partial charge in [-0.15, -0.1) is 0 Å². The molecule has 0 spiro atoms. The maximum Gasteiger partial charge on any atom is 0.394 e. The molecule has 2 aromatic heterocycles. The number of nitrogens with zero attached hydrogens (tertiary/aromatic N) is 4. The van der Waals surface area contributed by atoms with Crippen molar-refractivity contribution >= 4 is 11.2 Å². The average molecular weight is 452 g/mol. The number of hydrogen-bond acceptors (Lipinski definition) is 6. The first-order valence-corrected chi connectivity index (χ1v) is 10.3. The predicted octanol–water partition coefficient (Wildman–Crippen LogP) is 2.86. The summed E-state index contributed by atoms with van der Waals surface area (Å²) >= 11 is 0. The standard InChI is InChI=1S/C21H26F2N4O5/c1-4-5-10-26-16-17(25(3)20(30)27(18(16)29)11-7-12-28)24-19(26)31-14-8-6-9-15(13-14)32-21(2,22)23/h6,8-9,13,28H,4-5,7,10-12H2,1-3H3. The molecule has 0 saturated carbocycles. The Hall–Kier alpha value is -3.21. The summed E-state index contributed by atoms with van der Waals surface area (Å²) in [5, 5.41) is 9.10. The second-order valence-electron chi connectivity index (χ2n) is 7.43. The number of rotatable bonds is 10. The van der Waals surface area contributed by atoms with Crippen LogP contribution in [0.1, 0.15) is 33.1 Å². The molecule has 1 aromatic carbocycles. The highest BCUT2D eigenvalue weighted by molar-refractivity contribution is 5.72.